The third-order valence-electron chi connectivity index (χ3n) is 4.28. The van der Waals surface area contributed by atoms with Crippen LogP contribution in [0.25, 0.3) is 0 Å². The van der Waals surface area contributed by atoms with Crippen molar-refractivity contribution in [1.82, 2.24) is 4.90 Å². The Kier molecular flexibility index (Phi) is 6.89. The molecule has 0 unspecified atom stereocenters. The molecule has 0 aliphatic carbocycles. The minimum atomic E-state index is -0.734. The molecule has 9 nitrogen and oxygen atoms in total. The molecule has 0 radical (unpaired) electrons. The van der Waals surface area contributed by atoms with Crippen LogP contribution in [0.2, 0.25) is 0 Å². The van der Waals surface area contributed by atoms with Crippen molar-refractivity contribution in [3.8, 4) is 0 Å². The number of anilines is 1. The van der Waals surface area contributed by atoms with Crippen LogP contribution in [0, 0.1) is 5.92 Å². The summed E-state index contributed by atoms with van der Waals surface area (Å²) in [6.45, 7) is 3.29. The van der Waals surface area contributed by atoms with Crippen LogP contribution in [-0.2, 0) is 14.3 Å². The SMILES string of the molecule is CCOC(=O)[C@H]1CCCN(CC(=O)Nc2cc(C(N)=O)cc(C(N)=O)c2)C1. The monoisotopic (exact) mass is 376 g/mol. The van der Waals surface area contributed by atoms with E-state index in [0.717, 1.165) is 12.8 Å². The van der Waals surface area contributed by atoms with Crippen molar-refractivity contribution in [3.05, 3.63) is 29.3 Å². The van der Waals surface area contributed by atoms with Crippen molar-refractivity contribution >= 4 is 29.4 Å². The van der Waals surface area contributed by atoms with Gasteiger partial charge in [0.2, 0.25) is 17.7 Å². The molecule has 1 heterocycles. The molecule has 0 aromatic heterocycles. The standard InChI is InChI=1S/C18H24N4O5/c1-2-27-18(26)11-4-3-5-22(9-11)10-15(23)21-14-7-12(16(19)24)6-13(8-14)17(20)25/h6-8,11H,2-5,9-10H2,1H3,(H2,19,24)(H2,20,25)(H,21,23)/t11-/m0/s1. The van der Waals surface area contributed by atoms with Crippen LogP contribution >= 0.6 is 0 Å². The number of benzene rings is 1. The van der Waals surface area contributed by atoms with Crippen molar-refractivity contribution in [2.75, 3.05) is 31.6 Å². The Morgan fingerprint density at radius 2 is 1.78 bits per heavy atom. The molecule has 5 N–H and O–H groups in total. The molecule has 1 atom stereocenters. The summed E-state index contributed by atoms with van der Waals surface area (Å²) in [6.07, 6.45) is 1.53. The number of carbonyl (C=O) groups excluding carboxylic acids is 4. The number of primary amides is 2. The molecule has 146 valence electrons. The van der Waals surface area contributed by atoms with E-state index >= 15 is 0 Å². The summed E-state index contributed by atoms with van der Waals surface area (Å²) in [5.74, 6) is -2.30. The predicted octanol–water partition coefficient (Wildman–Crippen LogP) is 0.0980. The lowest BCUT2D eigenvalue weighted by Crippen LogP contribution is -2.43. The van der Waals surface area contributed by atoms with Gasteiger partial charge >= 0.3 is 5.97 Å². The van der Waals surface area contributed by atoms with Gasteiger partial charge in [0.15, 0.2) is 0 Å². The van der Waals surface area contributed by atoms with E-state index in [2.05, 4.69) is 5.32 Å². The zero-order chi connectivity index (χ0) is 20.0. The zero-order valence-electron chi connectivity index (χ0n) is 15.2. The molecular formula is C18H24N4O5. The average molecular weight is 376 g/mol. The first-order valence-corrected chi connectivity index (χ1v) is 8.73. The third kappa shape index (κ3) is 5.78. The number of nitrogens with two attached hydrogens (primary N) is 2. The van der Waals surface area contributed by atoms with E-state index in [-0.39, 0.29) is 41.2 Å². The van der Waals surface area contributed by atoms with Crippen LogP contribution in [-0.4, -0.2) is 54.8 Å². The van der Waals surface area contributed by atoms with Gasteiger partial charge in [0.1, 0.15) is 0 Å². The molecule has 3 amide bonds. The Bertz CT molecular complexity index is 717. The van der Waals surface area contributed by atoms with Gasteiger partial charge in [-0.25, -0.2) is 0 Å². The number of amides is 3. The maximum absolute atomic E-state index is 12.3. The van der Waals surface area contributed by atoms with E-state index in [1.165, 1.54) is 18.2 Å². The van der Waals surface area contributed by atoms with Crippen molar-refractivity contribution in [2.24, 2.45) is 17.4 Å². The first kappa shape index (κ1) is 20.4. The van der Waals surface area contributed by atoms with E-state index < -0.39 is 11.8 Å². The van der Waals surface area contributed by atoms with E-state index in [1.807, 2.05) is 4.90 Å². The number of likely N-dealkylation sites (tertiary alicyclic amines) is 1. The fourth-order valence-corrected chi connectivity index (χ4v) is 3.04. The van der Waals surface area contributed by atoms with Crippen molar-refractivity contribution in [3.63, 3.8) is 0 Å². The maximum Gasteiger partial charge on any atom is 0.310 e. The Morgan fingerprint density at radius 1 is 1.15 bits per heavy atom. The summed E-state index contributed by atoms with van der Waals surface area (Å²) in [5, 5.41) is 2.64. The van der Waals surface area contributed by atoms with Gasteiger partial charge in [0.25, 0.3) is 0 Å². The van der Waals surface area contributed by atoms with E-state index in [4.69, 9.17) is 16.2 Å². The fourth-order valence-electron chi connectivity index (χ4n) is 3.04. The molecule has 2 rings (SSSR count). The third-order valence-corrected chi connectivity index (χ3v) is 4.28. The number of ether oxygens (including phenoxy) is 1. The molecular weight excluding hydrogens is 352 g/mol. The first-order valence-electron chi connectivity index (χ1n) is 8.73. The predicted molar refractivity (Wildman–Crippen MR) is 97.9 cm³/mol. The van der Waals surface area contributed by atoms with Crippen LogP contribution in [0.1, 0.15) is 40.5 Å². The fraction of sp³-hybridized carbons (Fsp3) is 0.444. The highest BCUT2D eigenvalue weighted by Crippen LogP contribution is 2.19. The topological polar surface area (TPSA) is 145 Å². The lowest BCUT2D eigenvalue weighted by molar-refractivity contribution is -0.150. The number of hydrogen-bond acceptors (Lipinski definition) is 6. The highest BCUT2D eigenvalue weighted by atomic mass is 16.5. The van der Waals surface area contributed by atoms with Crippen molar-refractivity contribution in [2.45, 2.75) is 19.8 Å². The lowest BCUT2D eigenvalue weighted by atomic mass is 9.98. The molecule has 1 aliphatic rings. The minimum Gasteiger partial charge on any atom is -0.466 e. The summed E-state index contributed by atoms with van der Waals surface area (Å²) < 4.78 is 5.05. The molecule has 0 saturated carbocycles. The minimum absolute atomic E-state index is 0.0712. The van der Waals surface area contributed by atoms with Gasteiger partial charge in [-0.15, -0.1) is 0 Å². The van der Waals surface area contributed by atoms with Crippen LogP contribution < -0.4 is 16.8 Å². The molecule has 1 aromatic carbocycles. The summed E-state index contributed by atoms with van der Waals surface area (Å²) in [6, 6.07) is 4.03. The largest absolute Gasteiger partial charge is 0.466 e. The van der Waals surface area contributed by atoms with Gasteiger partial charge in [-0.1, -0.05) is 0 Å². The number of hydrogen-bond donors (Lipinski definition) is 3. The normalized spacial score (nSPS) is 17.1. The number of carbonyl (C=O) groups is 4. The lowest BCUT2D eigenvalue weighted by Gasteiger charge is -2.30. The molecule has 1 aromatic rings. The van der Waals surface area contributed by atoms with E-state index in [9.17, 15) is 19.2 Å². The molecule has 0 spiro atoms. The maximum atomic E-state index is 12.3. The summed E-state index contributed by atoms with van der Waals surface area (Å²) >= 11 is 0. The smallest absolute Gasteiger partial charge is 0.310 e. The van der Waals surface area contributed by atoms with Gasteiger partial charge in [-0.05, 0) is 44.5 Å². The van der Waals surface area contributed by atoms with Gasteiger partial charge < -0.3 is 21.5 Å². The molecule has 0 bridgehead atoms. The Labute approximate surface area is 157 Å². The van der Waals surface area contributed by atoms with Crippen molar-refractivity contribution < 1.29 is 23.9 Å². The van der Waals surface area contributed by atoms with E-state index in [1.54, 1.807) is 6.92 Å². The second-order valence-corrected chi connectivity index (χ2v) is 6.40. The average Bonchev–Trinajstić information content (AvgIpc) is 2.61. The molecule has 1 fully saturated rings. The van der Waals surface area contributed by atoms with Crippen LogP contribution in [0.3, 0.4) is 0 Å². The molecule has 1 saturated heterocycles. The van der Waals surface area contributed by atoms with Gasteiger partial charge in [0, 0.05) is 23.4 Å². The number of piperidine rings is 1. The Morgan fingerprint density at radius 3 is 2.33 bits per heavy atom. The molecule has 9 heteroatoms. The van der Waals surface area contributed by atoms with Gasteiger partial charge in [0.05, 0.1) is 19.1 Å². The summed E-state index contributed by atoms with van der Waals surface area (Å²) in [7, 11) is 0. The summed E-state index contributed by atoms with van der Waals surface area (Å²) in [5.41, 5.74) is 10.9. The Hall–Kier alpha value is -2.94. The van der Waals surface area contributed by atoms with Crippen LogP contribution in [0.15, 0.2) is 18.2 Å². The van der Waals surface area contributed by atoms with Crippen LogP contribution in [0.4, 0.5) is 5.69 Å². The number of nitrogens with one attached hydrogen (secondary N) is 1. The quantitative estimate of drug-likeness (QED) is 0.575. The first-order chi connectivity index (χ1) is 12.8. The highest BCUT2D eigenvalue weighted by Gasteiger charge is 2.27. The second-order valence-electron chi connectivity index (χ2n) is 6.40. The molecule has 1 aliphatic heterocycles. The van der Waals surface area contributed by atoms with Gasteiger partial charge in [-0.2, -0.15) is 0 Å². The number of rotatable bonds is 7. The van der Waals surface area contributed by atoms with Gasteiger partial charge in [-0.3, -0.25) is 24.1 Å². The molecule has 27 heavy (non-hydrogen) atoms. The number of nitrogens with zero attached hydrogens (tertiary/aromatic N) is 1. The number of esters is 1. The summed E-state index contributed by atoms with van der Waals surface area (Å²) in [4.78, 5) is 48.9. The second kappa shape index (κ2) is 9.13. The van der Waals surface area contributed by atoms with Crippen LogP contribution in [0.5, 0.6) is 0 Å². The zero-order valence-corrected chi connectivity index (χ0v) is 15.2. The van der Waals surface area contributed by atoms with E-state index in [0.29, 0.717) is 19.7 Å². The Balaban J connectivity index is 2.02. The van der Waals surface area contributed by atoms with Crippen molar-refractivity contribution in [1.29, 1.82) is 0 Å². The highest BCUT2D eigenvalue weighted by molar-refractivity contribution is 6.02.